The highest BCUT2D eigenvalue weighted by molar-refractivity contribution is 8.26. The lowest BCUT2D eigenvalue weighted by Gasteiger charge is -2.16. The minimum atomic E-state index is -0.518. The molecule has 6 nitrogen and oxygen atoms in total. The minimum absolute atomic E-state index is 0.221. The lowest BCUT2D eigenvalue weighted by atomic mass is 10.1. The van der Waals surface area contributed by atoms with E-state index in [2.05, 4.69) is 5.43 Å². The van der Waals surface area contributed by atoms with Crippen LogP contribution in [0, 0.1) is 0 Å². The van der Waals surface area contributed by atoms with Gasteiger partial charge in [0.2, 0.25) is 0 Å². The van der Waals surface area contributed by atoms with E-state index in [0.717, 1.165) is 39.3 Å². The summed E-state index contributed by atoms with van der Waals surface area (Å²) >= 11 is 12.6. The predicted octanol–water partition coefficient (Wildman–Crippen LogP) is 5.74. The van der Waals surface area contributed by atoms with Gasteiger partial charge in [0.05, 0.1) is 26.9 Å². The third-order valence-electron chi connectivity index (χ3n) is 5.22. The zero-order valence-corrected chi connectivity index (χ0v) is 20.5. The molecule has 0 aliphatic carbocycles. The number of hydrazine groups is 1. The molecule has 172 valence electrons. The molecule has 1 fully saturated rings. The number of aromatic nitrogens is 2. The van der Waals surface area contributed by atoms with Crippen molar-refractivity contribution in [2.45, 2.75) is 0 Å². The summed E-state index contributed by atoms with van der Waals surface area (Å²) in [6.45, 7) is 0. The molecular formula is C26H17ClN4O2S2. The fourth-order valence-corrected chi connectivity index (χ4v) is 4.93. The van der Waals surface area contributed by atoms with Gasteiger partial charge in [0.15, 0.2) is 4.32 Å². The van der Waals surface area contributed by atoms with Crippen molar-refractivity contribution in [3.63, 3.8) is 0 Å². The number of hydrogen-bond donors (Lipinski definition) is 1. The Morgan fingerprint density at radius 3 is 2.34 bits per heavy atom. The van der Waals surface area contributed by atoms with Crippen LogP contribution in [0.1, 0.15) is 15.9 Å². The molecule has 3 aromatic carbocycles. The van der Waals surface area contributed by atoms with Gasteiger partial charge in [0.25, 0.3) is 11.8 Å². The molecule has 2 amide bonds. The number of benzene rings is 3. The van der Waals surface area contributed by atoms with Gasteiger partial charge in [-0.3, -0.25) is 15.0 Å². The van der Waals surface area contributed by atoms with Crippen molar-refractivity contribution in [2.24, 2.45) is 0 Å². The fraction of sp³-hybridized carbons (Fsp3) is 0. The van der Waals surface area contributed by atoms with Crippen molar-refractivity contribution in [1.29, 1.82) is 0 Å². The molecule has 0 radical (unpaired) electrons. The molecule has 0 unspecified atom stereocenters. The van der Waals surface area contributed by atoms with Crippen molar-refractivity contribution in [1.82, 2.24) is 20.2 Å². The summed E-state index contributed by atoms with van der Waals surface area (Å²) in [4.78, 5) is 26.2. The highest BCUT2D eigenvalue weighted by Crippen LogP contribution is 2.34. The smallest absolute Gasteiger partial charge is 0.267 e. The van der Waals surface area contributed by atoms with E-state index in [4.69, 9.17) is 28.9 Å². The van der Waals surface area contributed by atoms with Crippen molar-refractivity contribution in [3.05, 3.63) is 112 Å². The van der Waals surface area contributed by atoms with Gasteiger partial charge in [-0.15, -0.1) is 0 Å². The van der Waals surface area contributed by atoms with E-state index in [1.54, 1.807) is 35.0 Å². The lowest BCUT2D eigenvalue weighted by molar-refractivity contribution is -0.123. The Balaban J connectivity index is 1.48. The van der Waals surface area contributed by atoms with E-state index in [9.17, 15) is 9.59 Å². The Morgan fingerprint density at radius 2 is 1.63 bits per heavy atom. The van der Waals surface area contributed by atoms with E-state index in [1.165, 1.54) is 0 Å². The summed E-state index contributed by atoms with van der Waals surface area (Å²) in [5.41, 5.74) is 6.09. The van der Waals surface area contributed by atoms with Gasteiger partial charge >= 0.3 is 0 Å². The van der Waals surface area contributed by atoms with E-state index in [-0.39, 0.29) is 14.9 Å². The molecule has 5 rings (SSSR count). The van der Waals surface area contributed by atoms with Gasteiger partial charge in [-0.25, -0.2) is 4.68 Å². The largest absolute Gasteiger partial charge is 0.285 e. The van der Waals surface area contributed by atoms with Crippen LogP contribution in [0.15, 0.2) is 96.0 Å². The summed E-state index contributed by atoms with van der Waals surface area (Å²) < 4.78 is 1.99. The molecule has 1 aromatic heterocycles. The Hall–Kier alpha value is -3.72. The van der Waals surface area contributed by atoms with Crippen molar-refractivity contribution in [2.75, 3.05) is 0 Å². The van der Waals surface area contributed by atoms with Crippen molar-refractivity contribution in [3.8, 4) is 16.9 Å². The van der Waals surface area contributed by atoms with Crippen LogP contribution in [0.4, 0.5) is 0 Å². The summed E-state index contributed by atoms with van der Waals surface area (Å²) in [7, 11) is 0. The topological polar surface area (TPSA) is 67.2 Å². The molecule has 0 saturated carbocycles. The number of nitrogens with zero attached hydrogens (tertiary/aromatic N) is 3. The SMILES string of the molecule is O=C(NN1C(=O)C(=Cc2cn(-c3ccccc3)nc2-c2ccccc2)SC1=S)c1ccccc1Cl. The van der Waals surface area contributed by atoms with Gasteiger partial charge < -0.3 is 0 Å². The van der Waals surface area contributed by atoms with E-state index < -0.39 is 11.8 Å². The lowest BCUT2D eigenvalue weighted by Crippen LogP contribution is -2.44. The maximum Gasteiger partial charge on any atom is 0.285 e. The van der Waals surface area contributed by atoms with Crippen LogP contribution in [0.2, 0.25) is 5.02 Å². The van der Waals surface area contributed by atoms with Gasteiger partial charge in [0, 0.05) is 17.3 Å². The molecule has 0 bridgehead atoms. The standard InChI is InChI=1S/C26H17ClN4O2S2/c27-21-14-8-7-13-20(21)24(32)29-31-25(33)22(35-26(31)34)15-18-16-30(19-11-5-2-6-12-19)28-23(18)17-9-3-1-4-10-17/h1-16H,(H,29,32). The molecular weight excluding hydrogens is 500 g/mol. The number of thiocarbonyl (C=S) groups is 1. The van der Waals surface area contributed by atoms with Crippen LogP contribution in [-0.2, 0) is 4.79 Å². The van der Waals surface area contributed by atoms with Crippen LogP contribution >= 0.6 is 35.6 Å². The van der Waals surface area contributed by atoms with E-state index >= 15 is 0 Å². The number of rotatable bonds is 5. The maximum absolute atomic E-state index is 13.2. The zero-order valence-electron chi connectivity index (χ0n) is 18.1. The van der Waals surface area contributed by atoms with Gasteiger partial charge in [-0.05, 0) is 42.6 Å². The maximum atomic E-state index is 13.2. The van der Waals surface area contributed by atoms with Crippen LogP contribution in [0.25, 0.3) is 23.0 Å². The number of carbonyl (C=O) groups excluding carboxylic acids is 2. The monoisotopic (exact) mass is 516 g/mol. The average Bonchev–Trinajstić information content (AvgIpc) is 3.42. The minimum Gasteiger partial charge on any atom is -0.267 e. The van der Waals surface area contributed by atoms with Gasteiger partial charge in [-0.1, -0.05) is 84.0 Å². The molecule has 1 N–H and O–H groups in total. The Bertz CT molecular complexity index is 1470. The van der Waals surface area contributed by atoms with Crippen molar-refractivity contribution < 1.29 is 9.59 Å². The van der Waals surface area contributed by atoms with E-state index in [1.807, 2.05) is 66.9 Å². The van der Waals surface area contributed by atoms with Crippen molar-refractivity contribution >= 4 is 57.8 Å². The molecule has 4 aromatic rings. The average molecular weight is 517 g/mol. The molecule has 0 atom stereocenters. The fourth-order valence-electron chi connectivity index (χ4n) is 3.54. The molecule has 1 aliphatic heterocycles. The number of hydrogen-bond acceptors (Lipinski definition) is 5. The molecule has 1 aliphatic rings. The first-order valence-corrected chi connectivity index (χ1v) is 12.2. The Labute approximate surface area is 216 Å². The number of para-hydroxylation sites is 1. The van der Waals surface area contributed by atoms with Crippen LogP contribution in [0.3, 0.4) is 0 Å². The van der Waals surface area contributed by atoms with Crippen LogP contribution in [-0.4, -0.2) is 30.9 Å². The Morgan fingerprint density at radius 1 is 0.971 bits per heavy atom. The molecule has 0 spiro atoms. The molecule has 2 heterocycles. The second-order valence-corrected chi connectivity index (χ2v) is 9.60. The predicted molar refractivity (Wildman–Crippen MR) is 143 cm³/mol. The first-order chi connectivity index (χ1) is 17.0. The van der Waals surface area contributed by atoms with E-state index in [0.29, 0.717) is 4.91 Å². The second-order valence-electron chi connectivity index (χ2n) is 7.52. The number of thioether (sulfide) groups is 1. The van der Waals surface area contributed by atoms with Crippen LogP contribution < -0.4 is 5.43 Å². The third kappa shape index (κ3) is 4.77. The Kier molecular flexibility index (Phi) is 6.50. The number of halogens is 1. The zero-order chi connectivity index (χ0) is 24.4. The number of nitrogens with one attached hydrogen (secondary N) is 1. The quantitative estimate of drug-likeness (QED) is 0.271. The normalized spacial score (nSPS) is 14.5. The van der Waals surface area contributed by atoms with Crippen LogP contribution in [0.5, 0.6) is 0 Å². The number of carbonyl (C=O) groups is 2. The summed E-state index contributed by atoms with van der Waals surface area (Å²) in [5.74, 6) is -0.943. The highest BCUT2D eigenvalue weighted by atomic mass is 35.5. The first kappa shape index (κ1) is 23.0. The third-order valence-corrected chi connectivity index (χ3v) is 6.85. The number of amides is 2. The summed E-state index contributed by atoms with van der Waals surface area (Å²) in [5, 5.41) is 6.13. The molecule has 9 heteroatoms. The first-order valence-electron chi connectivity index (χ1n) is 10.6. The second kappa shape index (κ2) is 9.87. The molecule has 1 saturated heterocycles. The van der Waals surface area contributed by atoms with Gasteiger partial charge in [0.1, 0.15) is 0 Å². The summed E-state index contributed by atoms with van der Waals surface area (Å²) in [6, 6.07) is 26.1. The summed E-state index contributed by atoms with van der Waals surface area (Å²) in [6.07, 6.45) is 3.61. The molecule has 35 heavy (non-hydrogen) atoms. The highest BCUT2D eigenvalue weighted by Gasteiger charge is 2.34. The van der Waals surface area contributed by atoms with Gasteiger partial charge in [-0.2, -0.15) is 10.1 Å².